The van der Waals surface area contributed by atoms with E-state index >= 15 is 0 Å². The van der Waals surface area contributed by atoms with Crippen LogP contribution in [0.15, 0.2) is 40.3 Å². The van der Waals surface area contributed by atoms with Crippen LogP contribution in [0.25, 0.3) is 11.4 Å². The number of aryl methyl sites for hydroxylation is 1. The number of methoxy groups -OCH3 is 1. The van der Waals surface area contributed by atoms with Crippen molar-refractivity contribution in [2.24, 2.45) is 7.05 Å². The van der Waals surface area contributed by atoms with Gasteiger partial charge in [0.2, 0.25) is 11.7 Å². The van der Waals surface area contributed by atoms with Gasteiger partial charge in [0, 0.05) is 12.6 Å². The van der Waals surface area contributed by atoms with E-state index in [0.29, 0.717) is 17.5 Å². The van der Waals surface area contributed by atoms with Gasteiger partial charge in [-0.15, -0.1) is 10.2 Å². The van der Waals surface area contributed by atoms with E-state index < -0.39 is 0 Å². The maximum absolute atomic E-state index is 5.24. The van der Waals surface area contributed by atoms with E-state index in [1.54, 1.807) is 13.4 Å². The number of hydrogen-bond donors (Lipinski definition) is 0. The van der Waals surface area contributed by atoms with Gasteiger partial charge >= 0.3 is 0 Å². The quantitative estimate of drug-likeness (QED) is 0.668. The monoisotopic (exact) mass is 303 g/mol. The average Bonchev–Trinajstić information content (AvgIpc) is 3.14. The maximum Gasteiger partial charge on any atom is 0.237 e. The van der Waals surface area contributed by atoms with Crippen LogP contribution in [0.3, 0.4) is 0 Å². The Bertz CT molecular complexity index is 722. The Morgan fingerprint density at radius 2 is 2.10 bits per heavy atom. The van der Waals surface area contributed by atoms with Gasteiger partial charge < -0.3 is 13.8 Å². The lowest BCUT2D eigenvalue weighted by Crippen LogP contribution is -1.90. The maximum atomic E-state index is 5.24. The van der Waals surface area contributed by atoms with Crippen LogP contribution >= 0.6 is 11.8 Å². The van der Waals surface area contributed by atoms with E-state index in [1.807, 2.05) is 35.9 Å². The standard InChI is InChI=1S/C13H13N5O2S/c1-18-8-14-16-13(18)21-7-11-15-12(17-20-11)9-3-5-10(19-2)6-4-9/h3-6,8H,7H2,1-2H3. The molecule has 21 heavy (non-hydrogen) atoms. The molecule has 0 aliphatic rings. The molecule has 3 aromatic rings. The van der Waals surface area contributed by atoms with Crippen molar-refractivity contribution in [3.63, 3.8) is 0 Å². The van der Waals surface area contributed by atoms with Gasteiger partial charge in [0.05, 0.1) is 12.9 Å². The van der Waals surface area contributed by atoms with Crippen LogP contribution in [0.2, 0.25) is 0 Å². The SMILES string of the molecule is COc1ccc(-c2noc(CSc3nncn3C)n2)cc1. The minimum atomic E-state index is 0.550. The first kappa shape index (κ1) is 13.6. The second-order valence-corrected chi connectivity index (χ2v) is 5.20. The van der Waals surface area contributed by atoms with Crippen molar-refractivity contribution in [1.29, 1.82) is 0 Å². The van der Waals surface area contributed by atoms with Gasteiger partial charge in [-0.05, 0) is 24.3 Å². The Morgan fingerprint density at radius 3 is 2.76 bits per heavy atom. The topological polar surface area (TPSA) is 78.9 Å². The molecular weight excluding hydrogens is 290 g/mol. The van der Waals surface area contributed by atoms with Crippen LogP contribution in [-0.4, -0.2) is 32.0 Å². The first-order valence-electron chi connectivity index (χ1n) is 6.20. The molecule has 7 nitrogen and oxygen atoms in total. The molecule has 0 aliphatic carbocycles. The molecule has 8 heteroatoms. The van der Waals surface area contributed by atoms with E-state index in [0.717, 1.165) is 16.5 Å². The summed E-state index contributed by atoms with van der Waals surface area (Å²) >= 11 is 1.49. The van der Waals surface area contributed by atoms with Crippen molar-refractivity contribution >= 4 is 11.8 Å². The number of aromatic nitrogens is 5. The van der Waals surface area contributed by atoms with Crippen molar-refractivity contribution in [2.75, 3.05) is 7.11 Å². The van der Waals surface area contributed by atoms with E-state index in [-0.39, 0.29) is 0 Å². The Morgan fingerprint density at radius 1 is 1.29 bits per heavy atom. The number of hydrogen-bond acceptors (Lipinski definition) is 7. The fourth-order valence-corrected chi connectivity index (χ4v) is 2.43. The molecule has 2 heterocycles. The van der Waals surface area contributed by atoms with Crippen molar-refractivity contribution in [2.45, 2.75) is 10.9 Å². The van der Waals surface area contributed by atoms with E-state index in [1.165, 1.54) is 11.8 Å². The molecular formula is C13H13N5O2S. The molecule has 0 bridgehead atoms. The molecule has 0 unspecified atom stereocenters. The summed E-state index contributed by atoms with van der Waals surface area (Å²) in [5.74, 6) is 2.45. The van der Waals surface area contributed by atoms with Gasteiger partial charge in [-0.2, -0.15) is 4.98 Å². The first-order chi connectivity index (χ1) is 10.3. The molecule has 0 radical (unpaired) electrons. The summed E-state index contributed by atoms with van der Waals surface area (Å²) in [5, 5.41) is 12.6. The summed E-state index contributed by atoms with van der Waals surface area (Å²) in [4.78, 5) is 4.37. The van der Waals surface area contributed by atoms with Crippen LogP contribution in [0.5, 0.6) is 5.75 Å². The highest BCUT2D eigenvalue weighted by Crippen LogP contribution is 2.23. The van der Waals surface area contributed by atoms with Gasteiger partial charge in [-0.25, -0.2) is 0 Å². The van der Waals surface area contributed by atoms with Crippen molar-refractivity contribution in [3.05, 3.63) is 36.5 Å². The molecule has 0 spiro atoms. The fourth-order valence-electron chi connectivity index (χ4n) is 1.70. The third kappa shape index (κ3) is 3.05. The zero-order valence-electron chi connectivity index (χ0n) is 11.6. The molecule has 0 amide bonds. The highest BCUT2D eigenvalue weighted by Gasteiger charge is 2.10. The first-order valence-corrected chi connectivity index (χ1v) is 7.18. The second kappa shape index (κ2) is 5.96. The van der Waals surface area contributed by atoms with Gasteiger partial charge in [0.25, 0.3) is 0 Å². The molecule has 0 saturated carbocycles. The number of benzene rings is 1. The molecule has 0 aliphatic heterocycles. The predicted molar refractivity (Wildman–Crippen MR) is 76.9 cm³/mol. The third-order valence-electron chi connectivity index (χ3n) is 2.81. The lowest BCUT2D eigenvalue weighted by Gasteiger charge is -1.99. The number of nitrogens with zero attached hydrogens (tertiary/aromatic N) is 5. The second-order valence-electron chi connectivity index (χ2n) is 4.25. The van der Waals surface area contributed by atoms with Gasteiger partial charge in [-0.1, -0.05) is 16.9 Å². The zero-order chi connectivity index (χ0) is 14.7. The Balaban J connectivity index is 1.69. The smallest absolute Gasteiger partial charge is 0.237 e. The predicted octanol–water partition coefficient (Wildman–Crippen LogP) is 2.17. The van der Waals surface area contributed by atoms with E-state index in [4.69, 9.17) is 9.26 Å². The molecule has 3 rings (SSSR count). The van der Waals surface area contributed by atoms with Crippen molar-refractivity contribution in [1.82, 2.24) is 24.9 Å². The van der Waals surface area contributed by atoms with Crippen LogP contribution in [0.1, 0.15) is 5.89 Å². The van der Waals surface area contributed by atoms with Crippen molar-refractivity contribution in [3.8, 4) is 17.1 Å². The summed E-state index contributed by atoms with van der Waals surface area (Å²) in [6, 6.07) is 7.51. The minimum Gasteiger partial charge on any atom is -0.497 e. The summed E-state index contributed by atoms with van der Waals surface area (Å²) in [7, 11) is 3.52. The lowest BCUT2D eigenvalue weighted by atomic mass is 10.2. The van der Waals surface area contributed by atoms with Crippen LogP contribution in [0.4, 0.5) is 0 Å². The Labute approximate surface area is 125 Å². The van der Waals surface area contributed by atoms with Gasteiger partial charge in [0.1, 0.15) is 12.1 Å². The summed E-state index contributed by atoms with van der Waals surface area (Å²) in [6.07, 6.45) is 1.65. The number of ether oxygens (including phenoxy) is 1. The van der Waals surface area contributed by atoms with Crippen LogP contribution in [-0.2, 0) is 12.8 Å². The largest absolute Gasteiger partial charge is 0.497 e. The van der Waals surface area contributed by atoms with E-state index in [9.17, 15) is 0 Å². The summed E-state index contributed by atoms with van der Waals surface area (Å²) in [5.41, 5.74) is 0.884. The van der Waals surface area contributed by atoms with Gasteiger partial charge in [-0.3, -0.25) is 0 Å². The molecule has 0 N–H and O–H groups in total. The van der Waals surface area contributed by atoms with E-state index in [2.05, 4.69) is 20.3 Å². The molecule has 108 valence electrons. The fraction of sp³-hybridized carbons (Fsp3) is 0.231. The lowest BCUT2D eigenvalue weighted by molar-refractivity contribution is 0.391. The summed E-state index contributed by atoms with van der Waals surface area (Å²) < 4.78 is 12.2. The summed E-state index contributed by atoms with van der Waals surface area (Å²) in [6.45, 7) is 0. The van der Waals surface area contributed by atoms with Crippen LogP contribution in [0, 0.1) is 0 Å². The Hall–Kier alpha value is -2.35. The Kier molecular flexibility index (Phi) is 3.87. The highest BCUT2D eigenvalue weighted by molar-refractivity contribution is 7.98. The van der Waals surface area contributed by atoms with Crippen LogP contribution < -0.4 is 4.74 Å². The molecule has 0 atom stereocenters. The molecule has 0 saturated heterocycles. The number of rotatable bonds is 5. The highest BCUT2D eigenvalue weighted by atomic mass is 32.2. The zero-order valence-corrected chi connectivity index (χ0v) is 12.4. The molecule has 2 aromatic heterocycles. The van der Waals surface area contributed by atoms with Crippen molar-refractivity contribution < 1.29 is 9.26 Å². The average molecular weight is 303 g/mol. The normalized spacial score (nSPS) is 10.8. The minimum absolute atomic E-state index is 0.550. The van der Waals surface area contributed by atoms with Gasteiger partial charge in [0.15, 0.2) is 5.16 Å². The molecule has 1 aromatic carbocycles. The number of thioether (sulfide) groups is 1. The molecule has 0 fully saturated rings. The third-order valence-corrected chi connectivity index (χ3v) is 3.83.